The second-order valence-corrected chi connectivity index (χ2v) is 4.29. The monoisotopic (exact) mass is 177 g/mol. The Morgan fingerprint density at radius 2 is 2.23 bits per heavy atom. The molecule has 1 unspecified atom stereocenters. The van der Waals surface area contributed by atoms with Crippen LogP contribution in [-0.2, 0) is 13.0 Å². The van der Waals surface area contributed by atoms with Gasteiger partial charge in [0.15, 0.2) is 0 Å². The summed E-state index contributed by atoms with van der Waals surface area (Å²) in [5.41, 5.74) is 7.26. The largest absolute Gasteiger partial charge is 0.332 e. The molecule has 0 amide bonds. The molecular formula is C10H15N3. The fourth-order valence-corrected chi connectivity index (χ4v) is 2.18. The summed E-state index contributed by atoms with van der Waals surface area (Å²) in [6.45, 7) is 1.09. The van der Waals surface area contributed by atoms with Crippen LogP contribution >= 0.6 is 0 Å². The third-order valence-corrected chi connectivity index (χ3v) is 3.11. The summed E-state index contributed by atoms with van der Waals surface area (Å²) < 4.78 is 2.39. The van der Waals surface area contributed by atoms with Crippen molar-refractivity contribution in [1.82, 2.24) is 9.55 Å². The fourth-order valence-electron chi connectivity index (χ4n) is 2.18. The molecule has 1 atom stereocenters. The first-order chi connectivity index (χ1) is 6.34. The first kappa shape index (κ1) is 7.56. The lowest BCUT2D eigenvalue weighted by molar-refractivity contribution is 0.460. The van der Waals surface area contributed by atoms with Crippen molar-refractivity contribution in [2.75, 3.05) is 0 Å². The Bertz CT molecular complexity index is 325. The van der Waals surface area contributed by atoms with E-state index in [4.69, 9.17) is 5.73 Å². The van der Waals surface area contributed by atoms with E-state index >= 15 is 0 Å². The minimum absolute atomic E-state index is 0.358. The molecule has 3 nitrogen and oxygen atoms in total. The number of imidazole rings is 1. The minimum Gasteiger partial charge on any atom is -0.332 e. The maximum absolute atomic E-state index is 5.91. The molecule has 1 saturated carbocycles. The molecule has 3 heteroatoms. The lowest BCUT2D eigenvalue weighted by atomic mass is 10.1. The molecule has 2 N–H and O–H groups in total. The standard InChI is InChI=1S/C10H15N3/c11-8-3-4-13-9(5-8)6-12-10(13)7-1-2-7/h6-8H,1-5,11H2. The normalized spacial score (nSPS) is 27.3. The summed E-state index contributed by atoms with van der Waals surface area (Å²) in [5.74, 6) is 2.09. The number of hydrogen-bond donors (Lipinski definition) is 1. The van der Waals surface area contributed by atoms with Gasteiger partial charge in [-0.05, 0) is 19.3 Å². The molecule has 1 aliphatic heterocycles. The zero-order valence-corrected chi connectivity index (χ0v) is 7.74. The van der Waals surface area contributed by atoms with Crippen molar-refractivity contribution in [3.8, 4) is 0 Å². The predicted octanol–water partition coefficient (Wildman–Crippen LogP) is 1.03. The van der Waals surface area contributed by atoms with Crippen LogP contribution in [0.25, 0.3) is 0 Å². The van der Waals surface area contributed by atoms with Gasteiger partial charge in [0.2, 0.25) is 0 Å². The molecule has 3 rings (SSSR count). The predicted molar refractivity (Wildman–Crippen MR) is 50.5 cm³/mol. The van der Waals surface area contributed by atoms with Crippen molar-refractivity contribution in [1.29, 1.82) is 0 Å². The van der Waals surface area contributed by atoms with Gasteiger partial charge in [-0.2, -0.15) is 0 Å². The highest BCUT2D eigenvalue weighted by Gasteiger charge is 2.30. The molecular weight excluding hydrogens is 162 g/mol. The number of rotatable bonds is 1. The van der Waals surface area contributed by atoms with Crippen LogP contribution in [-0.4, -0.2) is 15.6 Å². The molecule has 1 fully saturated rings. The van der Waals surface area contributed by atoms with E-state index in [1.54, 1.807) is 0 Å². The lowest BCUT2D eigenvalue weighted by Crippen LogP contribution is -2.30. The molecule has 2 heterocycles. The van der Waals surface area contributed by atoms with Gasteiger partial charge >= 0.3 is 0 Å². The van der Waals surface area contributed by atoms with Gasteiger partial charge in [-0.25, -0.2) is 4.98 Å². The van der Waals surface area contributed by atoms with Gasteiger partial charge in [-0.15, -0.1) is 0 Å². The van der Waals surface area contributed by atoms with E-state index in [0.29, 0.717) is 6.04 Å². The van der Waals surface area contributed by atoms with Crippen molar-refractivity contribution in [3.05, 3.63) is 17.7 Å². The summed E-state index contributed by atoms with van der Waals surface area (Å²) >= 11 is 0. The number of aromatic nitrogens is 2. The quantitative estimate of drug-likeness (QED) is 0.696. The number of fused-ring (bicyclic) bond motifs is 1. The lowest BCUT2D eigenvalue weighted by Gasteiger charge is -2.21. The molecule has 2 aliphatic rings. The maximum Gasteiger partial charge on any atom is 0.111 e. The Balaban J connectivity index is 1.97. The van der Waals surface area contributed by atoms with Crippen LogP contribution in [0.5, 0.6) is 0 Å². The zero-order chi connectivity index (χ0) is 8.84. The van der Waals surface area contributed by atoms with E-state index in [1.807, 2.05) is 6.20 Å². The molecule has 0 bridgehead atoms. The smallest absolute Gasteiger partial charge is 0.111 e. The van der Waals surface area contributed by atoms with E-state index in [0.717, 1.165) is 25.3 Å². The van der Waals surface area contributed by atoms with E-state index in [9.17, 15) is 0 Å². The van der Waals surface area contributed by atoms with Gasteiger partial charge in [0.25, 0.3) is 0 Å². The molecule has 0 saturated heterocycles. The van der Waals surface area contributed by atoms with E-state index in [2.05, 4.69) is 9.55 Å². The second kappa shape index (κ2) is 2.58. The molecule has 70 valence electrons. The fraction of sp³-hybridized carbons (Fsp3) is 0.700. The van der Waals surface area contributed by atoms with Crippen LogP contribution in [0, 0.1) is 0 Å². The van der Waals surface area contributed by atoms with Crippen molar-refractivity contribution in [3.63, 3.8) is 0 Å². The summed E-state index contributed by atoms with van der Waals surface area (Å²) in [6, 6.07) is 0.358. The summed E-state index contributed by atoms with van der Waals surface area (Å²) in [6.07, 6.45) is 6.82. The molecule has 1 aromatic heterocycles. The van der Waals surface area contributed by atoms with Crippen LogP contribution < -0.4 is 5.73 Å². The molecule has 0 aromatic carbocycles. The number of hydrogen-bond acceptors (Lipinski definition) is 2. The Morgan fingerprint density at radius 3 is 3.00 bits per heavy atom. The van der Waals surface area contributed by atoms with Crippen molar-refractivity contribution >= 4 is 0 Å². The summed E-state index contributed by atoms with van der Waals surface area (Å²) in [5, 5.41) is 0. The van der Waals surface area contributed by atoms with Gasteiger partial charge in [0, 0.05) is 36.8 Å². The van der Waals surface area contributed by atoms with Crippen molar-refractivity contribution in [2.24, 2.45) is 5.73 Å². The van der Waals surface area contributed by atoms with Crippen LogP contribution in [0.1, 0.15) is 36.7 Å². The zero-order valence-electron chi connectivity index (χ0n) is 7.74. The number of nitrogens with two attached hydrogens (primary N) is 1. The maximum atomic E-state index is 5.91. The molecule has 0 spiro atoms. The number of nitrogens with zero attached hydrogens (tertiary/aromatic N) is 2. The second-order valence-electron chi connectivity index (χ2n) is 4.29. The highest BCUT2D eigenvalue weighted by atomic mass is 15.1. The first-order valence-electron chi connectivity index (χ1n) is 5.14. The minimum atomic E-state index is 0.358. The Labute approximate surface area is 78.0 Å². The average molecular weight is 177 g/mol. The average Bonchev–Trinajstić information content (AvgIpc) is 2.87. The Kier molecular flexibility index (Phi) is 1.50. The molecule has 0 radical (unpaired) electrons. The summed E-state index contributed by atoms with van der Waals surface area (Å²) in [7, 11) is 0. The third kappa shape index (κ3) is 1.18. The van der Waals surface area contributed by atoms with Gasteiger partial charge in [-0.3, -0.25) is 0 Å². The van der Waals surface area contributed by atoms with E-state index in [1.165, 1.54) is 24.4 Å². The Hall–Kier alpha value is -0.830. The van der Waals surface area contributed by atoms with Crippen molar-refractivity contribution < 1.29 is 0 Å². The van der Waals surface area contributed by atoms with Crippen LogP contribution in [0.2, 0.25) is 0 Å². The third-order valence-electron chi connectivity index (χ3n) is 3.11. The van der Waals surface area contributed by atoms with Crippen LogP contribution in [0.3, 0.4) is 0 Å². The highest BCUT2D eigenvalue weighted by molar-refractivity contribution is 5.16. The highest BCUT2D eigenvalue weighted by Crippen LogP contribution is 2.40. The van der Waals surface area contributed by atoms with Gasteiger partial charge in [0.05, 0.1) is 0 Å². The van der Waals surface area contributed by atoms with E-state index < -0.39 is 0 Å². The van der Waals surface area contributed by atoms with Crippen LogP contribution in [0.15, 0.2) is 6.20 Å². The topological polar surface area (TPSA) is 43.8 Å². The van der Waals surface area contributed by atoms with Crippen molar-refractivity contribution in [2.45, 2.75) is 44.2 Å². The first-order valence-corrected chi connectivity index (χ1v) is 5.14. The van der Waals surface area contributed by atoms with Crippen LogP contribution in [0.4, 0.5) is 0 Å². The molecule has 1 aromatic rings. The summed E-state index contributed by atoms with van der Waals surface area (Å²) in [4.78, 5) is 4.50. The Morgan fingerprint density at radius 1 is 1.38 bits per heavy atom. The molecule has 1 aliphatic carbocycles. The SMILES string of the molecule is NC1CCn2c(cnc2C2CC2)C1. The van der Waals surface area contributed by atoms with E-state index in [-0.39, 0.29) is 0 Å². The molecule has 13 heavy (non-hydrogen) atoms. The van der Waals surface area contributed by atoms with Gasteiger partial charge < -0.3 is 10.3 Å². The van der Waals surface area contributed by atoms with Gasteiger partial charge in [0.1, 0.15) is 5.82 Å². The van der Waals surface area contributed by atoms with Gasteiger partial charge in [-0.1, -0.05) is 0 Å².